The van der Waals surface area contributed by atoms with Crippen LogP contribution in [0.5, 0.6) is 0 Å². The average Bonchev–Trinajstić information content (AvgIpc) is 2.28. The Morgan fingerprint density at radius 3 is 2.35 bits per heavy atom. The lowest BCUT2D eigenvalue weighted by molar-refractivity contribution is -0.123. The van der Waals surface area contributed by atoms with E-state index in [0.717, 1.165) is 16.5 Å². The normalized spacial score (nSPS) is 11.5. The van der Waals surface area contributed by atoms with Crippen LogP contribution in [0.1, 0.15) is 20.8 Å². The standard InChI is InChI=1S/C15H17NO/c1-15(2,3)14(17)16-13-10-6-8-11-7-4-5-9-12(11)13/h4-10H,1-3H3,(H,16,17). The number of carbonyl (C=O) groups excluding carboxylic acids is 1. The highest BCUT2D eigenvalue weighted by Crippen LogP contribution is 2.25. The fraction of sp³-hybridized carbons (Fsp3) is 0.267. The lowest BCUT2D eigenvalue weighted by Crippen LogP contribution is -2.27. The molecule has 1 amide bonds. The SMILES string of the molecule is CC(C)(C)C(=O)Nc1cccc2ccccc12. The van der Waals surface area contributed by atoms with Crippen molar-refractivity contribution in [3.05, 3.63) is 42.5 Å². The van der Waals surface area contributed by atoms with Crippen LogP contribution in [0.2, 0.25) is 0 Å². The average molecular weight is 227 g/mol. The quantitative estimate of drug-likeness (QED) is 0.788. The van der Waals surface area contributed by atoms with Gasteiger partial charge in [0.25, 0.3) is 0 Å². The second kappa shape index (κ2) is 4.21. The van der Waals surface area contributed by atoms with Crippen LogP contribution >= 0.6 is 0 Å². The van der Waals surface area contributed by atoms with E-state index in [0.29, 0.717) is 0 Å². The molecule has 17 heavy (non-hydrogen) atoms. The number of hydrogen-bond acceptors (Lipinski definition) is 1. The van der Waals surface area contributed by atoms with Crippen molar-refractivity contribution in [2.75, 3.05) is 5.32 Å². The molecule has 2 aromatic rings. The predicted octanol–water partition coefficient (Wildman–Crippen LogP) is 3.82. The van der Waals surface area contributed by atoms with E-state index in [9.17, 15) is 4.79 Å². The van der Waals surface area contributed by atoms with Crippen LogP contribution in [0.15, 0.2) is 42.5 Å². The van der Waals surface area contributed by atoms with Gasteiger partial charge in [-0.15, -0.1) is 0 Å². The summed E-state index contributed by atoms with van der Waals surface area (Å²) in [5.74, 6) is 0.0360. The highest BCUT2D eigenvalue weighted by atomic mass is 16.2. The number of rotatable bonds is 1. The van der Waals surface area contributed by atoms with Crippen LogP contribution in [-0.4, -0.2) is 5.91 Å². The summed E-state index contributed by atoms with van der Waals surface area (Å²) in [5, 5.41) is 5.20. The molecule has 0 heterocycles. The van der Waals surface area contributed by atoms with Gasteiger partial charge >= 0.3 is 0 Å². The fourth-order valence-corrected chi connectivity index (χ4v) is 1.64. The van der Waals surface area contributed by atoms with Crippen molar-refractivity contribution in [1.82, 2.24) is 0 Å². The number of benzene rings is 2. The molecule has 0 aliphatic heterocycles. The molecule has 2 nitrogen and oxygen atoms in total. The van der Waals surface area contributed by atoms with Crippen LogP contribution in [0, 0.1) is 5.41 Å². The Labute approximate surface area is 102 Å². The first kappa shape index (κ1) is 11.6. The highest BCUT2D eigenvalue weighted by molar-refractivity contribution is 6.03. The first-order chi connectivity index (χ1) is 7.98. The molecular weight excluding hydrogens is 210 g/mol. The van der Waals surface area contributed by atoms with E-state index in [1.165, 1.54) is 0 Å². The third-order valence-electron chi connectivity index (χ3n) is 2.72. The van der Waals surface area contributed by atoms with Crippen molar-refractivity contribution < 1.29 is 4.79 Å². The van der Waals surface area contributed by atoms with E-state index in [4.69, 9.17) is 0 Å². The Balaban J connectivity index is 2.40. The molecular formula is C15H17NO. The molecule has 0 fully saturated rings. The van der Waals surface area contributed by atoms with Gasteiger partial charge in [-0.05, 0) is 11.5 Å². The number of amides is 1. The summed E-state index contributed by atoms with van der Waals surface area (Å²) in [6.07, 6.45) is 0. The van der Waals surface area contributed by atoms with Gasteiger partial charge in [-0.1, -0.05) is 57.2 Å². The van der Waals surface area contributed by atoms with Crippen molar-refractivity contribution >= 4 is 22.4 Å². The maximum atomic E-state index is 12.0. The topological polar surface area (TPSA) is 29.1 Å². The summed E-state index contributed by atoms with van der Waals surface area (Å²) in [6, 6.07) is 14.0. The van der Waals surface area contributed by atoms with E-state index in [1.54, 1.807) is 0 Å². The molecule has 0 aliphatic rings. The largest absolute Gasteiger partial charge is 0.325 e. The molecule has 2 rings (SSSR count). The van der Waals surface area contributed by atoms with Crippen LogP contribution in [-0.2, 0) is 4.79 Å². The van der Waals surface area contributed by atoms with Gasteiger partial charge in [0.05, 0.1) is 0 Å². The van der Waals surface area contributed by atoms with Crippen molar-refractivity contribution in [1.29, 1.82) is 0 Å². The molecule has 0 atom stereocenters. The third-order valence-corrected chi connectivity index (χ3v) is 2.72. The van der Waals surface area contributed by atoms with Gasteiger partial charge in [0, 0.05) is 16.5 Å². The van der Waals surface area contributed by atoms with Gasteiger partial charge in [0.2, 0.25) is 5.91 Å². The second-order valence-corrected chi connectivity index (χ2v) is 5.23. The van der Waals surface area contributed by atoms with Crippen LogP contribution in [0.25, 0.3) is 10.8 Å². The highest BCUT2D eigenvalue weighted by Gasteiger charge is 2.21. The van der Waals surface area contributed by atoms with Crippen molar-refractivity contribution in [3.8, 4) is 0 Å². The maximum Gasteiger partial charge on any atom is 0.229 e. The molecule has 0 unspecified atom stereocenters. The Morgan fingerprint density at radius 1 is 1.00 bits per heavy atom. The van der Waals surface area contributed by atoms with Gasteiger partial charge in [0.1, 0.15) is 0 Å². The van der Waals surface area contributed by atoms with Crippen molar-refractivity contribution in [3.63, 3.8) is 0 Å². The molecule has 0 aromatic heterocycles. The fourth-order valence-electron chi connectivity index (χ4n) is 1.64. The zero-order chi connectivity index (χ0) is 12.5. The molecule has 0 spiro atoms. The number of nitrogens with one attached hydrogen (secondary N) is 1. The summed E-state index contributed by atoms with van der Waals surface area (Å²) in [4.78, 5) is 12.0. The molecule has 1 N–H and O–H groups in total. The van der Waals surface area contributed by atoms with Crippen molar-refractivity contribution in [2.45, 2.75) is 20.8 Å². The minimum atomic E-state index is -0.378. The number of anilines is 1. The second-order valence-electron chi connectivity index (χ2n) is 5.23. The molecule has 88 valence electrons. The summed E-state index contributed by atoms with van der Waals surface area (Å²) in [5.41, 5.74) is 0.500. The van der Waals surface area contributed by atoms with E-state index in [-0.39, 0.29) is 11.3 Å². The lowest BCUT2D eigenvalue weighted by atomic mass is 9.95. The minimum Gasteiger partial charge on any atom is -0.325 e. The molecule has 0 aliphatic carbocycles. The molecule has 0 bridgehead atoms. The number of hydrogen-bond donors (Lipinski definition) is 1. The minimum absolute atomic E-state index is 0.0360. The van der Waals surface area contributed by atoms with Gasteiger partial charge in [-0.2, -0.15) is 0 Å². The Bertz CT molecular complexity index is 547. The summed E-state index contributed by atoms with van der Waals surface area (Å²) in [6.45, 7) is 5.73. The predicted molar refractivity (Wildman–Crippen MR) is 72.0 cm³/mol. The summed E-state index contributed by atoms with van der Waals surface area (Å²) in [7, 11) is 0. The first-order valence-corrected chi connectivity index (χ1v) is 5.78. The van der Waals surface area contributed by atoms with Crippen LogP contribution in [0.4, 0.5) is 5.69 Å². The molecule has 0 saturated carbocycles. The van der Waals surface area contributed by atoms with Gasteiger partial charge in [0.15, 0.2) is 0 Å². The van der Waals surface area contributed by atoms with E-state index >= 15 is 0 Å². The lowest BCUT2D eigenvalue weighted by Gasteiger charge is -2.18. The Hall–Kier alpha value is -1.83. The van der Waals surface area contributed by atoms with E-state index in [1.807, 2.05) is 63.2 Å². The molecule has 2 heteroatoms. The van der Waals surface area contributed by atoms with Gasteiger partial charge in [-0.3, -0.25) is 4.79 Å². The maximum absolute atomic E-state index is 12.0. The molecule has 0 saturated heterocycles. The van der Waals surface area contributed by atoms with Crippen LogP contribution in [0.3, 0.4) is 0 Å². The Kier molecular flexibility index (Phi) is 2.88. The third kappa shape index (κ3) is 2.47. The zero-order valence-corrected chi connectivity index (χ0v) is 10.4. The van der Waals surface area contributed by atoms with E-state index in [2.05, 4.69) is 5.32 Å². The molecule has 0 radical (unpaired) electrons. The molecule has 2 aromatic carbocycles. The number of fused-ring (bicyclic) bond motifs is 1. The van der Waals surface area contributed by atoms with Gasteiger partial charge < -0.3 is 5.32 Å². The summed E-state index contributed by atoms with van der Waals surface area (Å²) >= 11 is 0. The monoisotopic (exact) mass is 227 g/mol. The summed E-state index contributed by atoms with van der Waals surface area (Å²) < 4.78 is 0. The Morgan fingerprint density at radius 2 is 1.65 bits per heavy atom. The smallest absolute Gasteiger partial charge is 0.229 e. The van der Waals surface area contributed by atoms with Crippen LogP contribution < -0.4 is 5.32 Å². The van der Waals surface area contributed by atoms with Gasteiger partial charge in [-0.25, -0.2) is 0 Å². The number of carbonyl (C=O) groups is 1. The van der Waals surface area contributed by atoms with E-state index < -0.39 is 0 Å². The zero-order valence-electron chi connectivity index (χ0n) is 10.4. The first-order valence-electron chi connectivity index (χ1n) is 5.78. The van der Waals surface area contributed by atoms with Crippen molar-refractivity contribution in [2.24, 2.45) is 5.41 Å².